The SMILES string of the molecule is Cc1ccc(CNC(=O)C2CCN(C(=O)Cc3c(C)noc3C)CC2)cc1F. The predicted molar refractivity (Wildman–Crippen MR) is 102 cm³/mol. The maximum absolute atomic E-state index is 13.6. The molecule has 2 amide bonds. The second kappa shape index (κ2) is 8.54. The van der Waals surface area contributed by atoms with Crippen LogP contribution in [0, 0.1) is 32.5 Å². The van der Waals surface area contributed by atoms with Crippen molar-refractivity contribution < 1.29 is 18.5 Å². The van der Waals surface area contributed by atoms with Crippen LogP contribution in [-0.4, -0.2) is 35.0 Å². The van der Waals surface area contributed by atoms with E-state index in [1.54, 1.807) is 24.8 Å². The fraction of sp³-hybridized carbons (Fsp3) is 0.476. The summed E-state index contributed by atoms with van der Waals surface area (Å²) in [7, 11) is 0. The molecule has 1 aliphatic rings. The number of aryl methyl sites for hydroxylation is 3. The Bertz CT molecular complexity index is 850. The number of nitrogens with zero attached hydrogens (tertiary/aromatic N) is 2. The van der Waals surface area contributed by atoms with E-state index in [2.05, 4.69) is 10.5 Å². The van der Waals surface area contributed by atoms with Crippen molar-refractivity contribution in [3.63, 3.8) is 0 Å². The lowest BCUT2D eigenvalue weighted by atomic mass is 9.95. The number of halogens is 1. The first-order chi connectivity index (χ1) is 13.3. The number of nitrogens with one attached hydrogen (secondary N) is 1. The van der Waals surface area contributed by atoms with Gasteiger partial charge in [0.15, 0.2) is 0 Å². The lowest BCUT2D eigenvalue weighted by molar-refractivity contribution is -0.135. The molecular weight excluding hydrogens is 361 g/mol. The van der Waals surface area contributed by atoms with Crippen LogP contribution in [0.4, 0.5) is 4.39 Å². The number of hydrogen-bond acceptors (Lipinski definition) is 4. The van der Waals surface area contributed by atoms with Gasteiger partial charge < -0.3 is 14.7 Å². The van der Waals surface area contributed by atoms with E-state index >= 15 is 0 Å². The summed E-state index contributed by atoms with van der Waals surface area (Å²) < 4.78 is 18.7. The molecular formula is C21H26FN3O3. The zero-order valence-corrected chi connectivity index (χ0v) is 16.5. The number of carbonyl (C=O) groups is 2. The summed E-state index contributed by atoms with van der Waals surface area (Å²) in [6, 6.07) is 4.97. The van der Waals surface area contributed by atoms with Crippen molar-refractivity contribution in [3.05, 3.63) is 52.2 Å². The van der Waals surface area contributed by atoms with E-state index in [1.165, 1.54) is 6.07 Å². The molecule has 0 bridgehead atoms. The molecule has 1 fully saturated rings. The summed E-state index contributed by atoms with van der Waals surface area (Å²) in [5.41, 5.74) is 2.91. The highest BCUT2D eigenvalue weighted by atomic mass is 19.1. The van der Waals surface area contributed by atoms with Gasteiger partial charge in [0.05, 0.1) is 12.1 Å². The van der Waals surface area contributed by atoms with Crippen LogP contribution in [0.1, 0.15) is 41.0 Å². The molecule has 1 aromatic heterocycles. The Morgan fingerprint density at radius 2 is 1.96 bits per heavy atom. The molecule has 1 saturated heterocycles. The molecule has 0 atom stereocenters. The molecule has 0 unspecified atom stereocenters. The number of piperidine rings is 1. The van der Waals surface area contributed by atoms with Crippen molar-refractivity contribution in [2.45, 2.75) is 46.6 Å². The van der Waals surface area contributed by atoms with Crippen LogP contribution in [0.3, 0.4) is 0 Å². The minimum absolute atomic E-state index is 0.0309. The largest absolute Gasteiger partial charge is 0.361 e. The average Bonchev–Trinajstić information content (AvgIpc) is 3.00. The van der Waals surface area contributed by atoms with E-state index in [0.717, 1.165) is 16.8 Å². The van der Waals surface area contributed by atoms with Gasteiger partial charge >= 0.3 is 0 Å². The average molecular weight is 387 g/mol. The Morgan fingerprint density at radius 1 is 1.25 bits per heavy atom. The molecule has 28 heavy (non-hydrogen) atoms. The van der Waals surface area contributed by atoms with Gasteiger partial charge in [0, 0.05) is 31.1 Å². The molecule has 1 aromatic carbocycles. The zero-order valence-electron chi connectivity index (χ0n) is 16.5. The maximum Gasteiger partial charge on any atom is 0.227 e. The van der Waals surface area contributed by atoms with Crippen LogP contribution in [0.15, 0.2) is 22.7 Å². The van der Waals surface area contributed by atoms with Gasteiger partial charge in [-0.15, -0.1) is 0 Å². The lowest BCUT2D eigenvalue weighted by Gasteiger charge is -2.31. The molecule has 3 rings (SSSR count). The number of hydrogen-bond donors (Lipinski definition) is 1. The second-order valence-electron chi connectivity index (χ2n) is 7.44. The normalized spacial score (nSPS) is 14.9. The van der Waals surface area contributed by atoms with E-state index < -0.39 is 0 Å². The number of likely N-dealkylation sites (tertiary alicyclic amines) is 1. The Morgan fingerprint density at radius 3 is 2.57 bits per heavy atom. The maximum atomic E-state index is 13.6. The number of benzene rings is 1. The van der Waals surface area contributed by atoms with E-state index in [9.17, 15) is 14.0 Å². The number of amides is 2. The Labute approximate surface area is 164 Å². The van der Waals surface area contributed by atoms with Gasteiger partial charge in [-0.05, 0) is 50.8 Å². The summed E-state index contributed by atoms with van der Waals surface area (Å²) in [6.45, 7) is 6.76. The van der Waals surface area contributed by atoms with Gasteiger partial charge in [-0.25, -0.2) is 4.39 Å². The quantitative estimate of drug-likeness (QED) is 0.856. The molecule has 150 valence electrons. The lowest BCUT2D eigenvalue weighted by Crippen LogP contribution is -2.43. The third-order valence-electron chi connectivity index (χ3n) is 5.43. The first-order valence-electron chi connectivity index (χ1n) is 9.57. The minimum Gasteiger partial charge on any atom is -0.361 e. The van der Waals surface area contributed by atoms with Crippen LogP contribution in [-0.2, 0) is 22.6 Å². The molecule has 0 saturated carbocycles. The molecule has 2 aromatic rings. The summed E-state index contributed by atoms with van der Waals surface area (Å²) in [5.74, 6) is 0.269. The predicted octanol–water partition coefficient (Wildman–Crippen LogP) is 2.84. The van der Waals surface area contributed by atoms with Crippen molar-refractivity contribution >= 4 is 11.8 Å². The Hall–Kier alpha value is -2.70. The highest BCUT2D eigenvalue weighted by Gasteiger charge is 2.28. The van der Waals surface area contributed by atoms with Gasteiger partial charge in [-0.3, -0.25) is 9.59 Å². The topological polar surface area (TPSA) is 75.4 Å². The summed E-state index contributed by atoms with van der Waals surface area (Å²) >= 11 is 0. The summed E-state index contributed by atoms with van der Waals surface area (Å²) in [6.07, 6.45) is 1.53. The molecule has 1 aliphatic heterocycles. The number of rotatable bonds is 5. The highest BCUT2D eigenvalue weighted by Crippen LogP contribution is 2.20. The molecule has 0 aliphatic carbocycles. The van der Waals surface area contributed by atoms with Gasteiger partial charge in [0.1, 0.15) is 11.6 Å². The van der Waals surface area contributed by atoms with Crippen LogP contribution < -0.4 is 5.32 Å². The van der Waals surface area contributed by atoms with Crippen molar-refractivity contribution in [2.75, 3.05) is 13.1 Å². The number of aromatic nitrogens is 1. The smallest absolute Gasteiger partial charge is 0.227 e. The fourth-order valence-electron chi connectivity index (χ4n) is 3.49. The van der Waals surface area contributed by atoms with Gasteiger partial charge in [0.2, 0.25) is 11.8 Å². The Kier molecular flexibility index (Phi) is 6.11. The van der Waals surface area contributed by atoms with Gasteiger partial charge in [-0.2, -0.15) is 0 Å². The first kappa shape index (κ1) is 20.0. The minimum atomic E-state index is -0.267. The highest BCUT2D eigenvalue weighted by molar-refractivity contribution is 5.81. The monoisotopic (exact) mass is 387 g/mol. The molecule has 2 heterocycles. The summed E-state index contributed by atoms with van der Waals surface area (Å²) in [5, 5.41) is 6.76. The van der Waals surface area contributed by atoms with Crippen molar-refractivity contribution in [1.29, 1.82) is 0 Å². The Balaban J connectivity index is 1.47. The van der Waals surface area contributed by atoms with E-state index in [4.69, 9.17) is 4.52 Å². The third-order valence-corrected chi connectivity index (χ3v) is 5.43. The van der Waals surface area contributed by atoms with Crippen LogP contribution in [0.5, 0.6) is 0 Å². The molecule has 7 heteroatoms. The van der Waals surface area contributed by atoms with Crippen LogP contribution in [0.25, 0.3) is 0 Å². The van der Waals surface area contributed by atoms with E-state index in [-0.39, 0.29) is 30.0 Å². The third kappa shape index (κ3) is 4.58. The van der Waals surface area contributed by atoms with Gasteiger partial charge in [-0.1, -0.05) is 17.3 Å². The van der Waals surface area contributed by atoms with Crippen LogP contribution >= 0.6 is 0 Å². The molecule has 0 spiro atoms. The van der Waals surface area contributed by atoms with E-state index in [0.29, 0.717) is 43.8 Å². The summed E-state index contributed by atoms with van der Waals surface area (Å²) in [4.78, 5) is 26.8. The van der Waals surface area contributed by atoms with Crippen molar-refractivity contribution in [3.8, 4) is 0 Å². The molecule has 6 nitrogen and oxygen atoms in total. The molecule has 1 N–H and O–H groups in total. The van der Waals surface area contributed by atoms with Gasteiger partial charge in [0.25, 0.3) is 0 Å². The standard InChI is InChI=1S/C21H26FN3O3/c1-13-4-5-16(10-19(13)22)12-23-21(27)17-6-8-25(9-7-17)20(26)11-18-14(2)24-28-15(18)3/h4-5,10,17H,6-9,11-12H2,1-3H3,(H,23,27). The van der Waals surface area contributed by atoms with E-state index in [1.807, 2.05) is 13.0 Å². The second-order valence-corrected chi connectivity index (χ2v) is 7.44. The number of carbonyl (C=O) groups excluding carboxylic acids is 2. The fourth-order valence-corrected chi connectivity index (χ4v) is 3.49. The zero-order chi connectivity index (χ0) is 20.3. The van der Waals surface area contributed by atoms with Crippen molar-refractivity contribution in [1.82, 2.24) is 15.4 Å². The van der Waals surface area contributed by atoms with Crippen LogP contribution in [0.2, 0.25) is 0 Å². The van der Waals surface area contributed by atoms with Crippen molar-refractivity contribution in [2.24, 2.45) is 5.92 Å². The molecule has 0 radical (unpaired) electrons. The first-order valence-corrected chi connectivity index (χ1v) is 9.57.